The average molecular weight is 250 g/mol. The Labute approximate surface area is 109 Å². The molecule has 0 aliphatic rings. The first-order valence-corrected chi connectivity index (χ1v) is 6.20. The van der Waals surface area contributed by atoms with Crippen molar-refractivity contribution in [1.29, 1.82) is 0 Å². The second kappa shape index (κ2) is 7.01. The normalized spacial score (nSPS) is 12.0. The predicted octanol–water partition coefficient (Wildman–Crippen LogP) is 1.90. The fourth-order valence-corrected chi connectivity index (χ4v) is 1.86. The molecule has 0 aromatic heterocycles. The molecule has 0 spiro atoms. The maximum Gasteiger partial charge on any atom is 0.231 e. The maximum atomic E-state index is 12.3. The summed E-state index contributed by atoms with van der Waals surface area (Å²) in [6.07, 6.45) is 0.834. The Kier molecular flexibility index (Phi) is 5.65. The highest BCUT2D eigenvalue weighted by Gasteiger charge is 2.20. The van der Waals surface area contributed by atoms with Crippen LogP contribution in [0.4, 0.5) is 5.69 Å². The van der Waals surface area contributed by atoms with E-state index in [1.807, 2.05) is 45.3 Å². The highest BCUT2D eigenvalue weighted by atomic mass is 16.5. The van der Waals surface area contributed by atoms with Crippen LogP contribution < -0.4 is 15.0 Å². The van der Waals surface area contributed by atoms with Gasteiger partial charge in [0.1, 0.15) is 5.75 Å². The van der Waals surface area contributed by atoms with Gasteiger partial charge in [0, 0.05) is 19.3 Å². The molecule has 1 aromatic carbocycles. The summed E-state index contributed by atoms with van der Waals surface area (Å²) in [5, 5.41) is 3.06. The van der Waals surface area contributed by atoms with E-state index in [4.69, 9.17) is 4.74 Å². The van der Waals surface area contributed by atoms with Crippen LogP contribution in [0.5, 0.6) is 5.75 Å². The number of nitrogens with zero attached hydrogens (tertiary/aromatic N) is 1. The number of hydrogen-bond acceptors (Lipinski definition) is 3. The average Bonchev–Trinajstić information content (AvgIpc) is 2.43. The number of nitrogens with one attached hydrogen (secondary N) is 1. The number of methoxy groups -OCH3 is 1. The van der Waals surface area contributed by atoms with E-state index < -0.39 is 0 Å². The quantitative estimate of drug-likeness (QED) is 0.838. The molecule has 0 radical (unpaired) electrons. The van der Waals surface area contributed by atoms with Crippen LogP contribution in [0.3, 0.4) is 0 Å². The Bertz CT molecular complexity index is 376. The fraction of sp³-hybridized carbons (Fsp3) is 0.500. The summed E-state index contributed by atoms with van der Waals surface area (Å²) in [6, 6.07) is 7.50. The van der Waals surface area contributed by atoms with Gasteiger partial charge in [-0.3, -0.25) is 4.79 Å². The molecule has 1 rings (SSSR count). The van der Waals surface area contributed by atoms with Gasteiger partial charge in [-0.1, -0.05) is 6.92 Å². The Morgan fingerprint density at radius 3 is 2.44 bits per heavy atom. The largest absolute Gasteiger partial charge is 0.497 e. The standard InChI is InChI=1S/C14H22N2O2/c1-5-11(10-15-2)14(17)16(3)12-6-8-13(18-4)9-7-12/h6-9,11,15H,5,10H2,1-4H3. The van der Waals surface area contributed by atoms with Gasteiger partial charge in [-0.2, -0.15) is 0 Å². The van der Waals surface area contributed by atoms with Gasteiger partial charge in [0.25, 0.3) is 0 Å². The lowest BCUT2D eigenvalue weighted by atomic mass is 10.0. The number of carbonyl (C=O) groups excluding carboxylic acids is 1. The second-order valence-electron chi connectivity index (χ2n) is 4.26. The molecule has 1 aromatic rings. The fourth-order valence-electron chi connectivity index (χ4n) is 1.86. The van der Waals surface area contributed by atoms with Gasteiger partial charge >= 0.3 is 0 Å². The van der Waals surface area contributed by atoms with E-state index >= 15 is 0 Å². The molecule has 0 saturated carbocycles. The van der Waals surface area contributed by atoms with Crippen LogP contribution in [0.2, 0.25) is 0 Å². The highest BCUT2D eigenvalue weighted by molar-refractivity contribution is 5.94. The van der Waals surface area contributed by atoms with E-state index in [9.17, 15) is 4.79 Å². The summed E-state index contributed by atoms with van der Waals surface area (Å²) in [5.74, 6) is 0.945. The molecule has 1 atom stereocenters. The van der Waals surface area contributed by atoms with Gasteiger partial charge in [0.15, 0.2) is 0 Å². The number of hydrogen-bond donors (Lipinski definition) is 1. The van der Waals surface area contributed by atoms with Gasteiger partial charge in [-0.15, -0.1) is 0 Å². The second-order valence-corrected chi connectivity index (χ2v) is 4.26. The minimum Gasteiger partial charge on any atom is -0.497 e. The summed E-state index contributed by atoms with van der Waals surface area (Å²) in [4.78, 5) is 14.0. The minimum absolute atomic E-state index is 0.0158. The van der Waals surface area contributed by atoms with Crippen molar-refractivity contribution in [2.24, 2.45) is 5.92 Å². The maximum absolute atomic E-state index is 12.3. The molecule has 100 valence electrons. The van der Waals surface area contributed by atoms with Crippen molar-refractivity contribution in [1.82, 2.24) is 5.32 Å². The third kappa shape index (κ3) is 3.47. The van der Waals surface area contributed by atoms with Crippen molar-refractivity contribution in [3.05, 3.63) is 24.3 Å². The molecule has 0 saturated heterocycles. The van der Waals surface area contributed by atoms with E-state index in [-0.39, 0.29) is 11.8 Å². The van der Waals surface area contributed by atoms with Crippen LogP contribution in [-0.2, 0) is 4.79 Å². The molecule has 4 nitrogen and oxygen atoms in total. The molecule has 0 aliphatic heterocycles. The summed E-state index contributed by atoms with van der Waals surface area (Å²) < 4.78 is 5.10. The third-order valence-electron chi connectivity index (χ3n) is 3.08. The van der Waals surface area contributed by atoms with Crippen LogP contribution in [0, 0.1) is 5.92 Å². The number of benzene rings is 1. The molecule has 1 amide bonds. The van der Waals surface area contributed by atoms with Crippen LogP contribution >= 0.6 is 0 Å². The molecule has 1 unspecified atom stereocenters. The van der Waals surface area contributed by atoms with Gasteiger partial charge in [-0.05, 0) is 37.7 Å². The minimum atomic E-state index is 0.0158. The first-order valence-electron chi connectivity index (χ1n) is 6.20. The van der Waals surface area contributed by atoms with Crippen LogP contribution in [0.25, 0.3) is 0 Å². The highest BCUT2D eigenvalue weighted by Crippen LogP contribution is 2.20. The molecule has 18 heavy (non-hydrogen) atoms. The van der Waals surface area contributed by atoms with Crippen molar-refractivity contribution >= 4 is 11.6 Å². The summed E-state index contributed by atoms with van der Waals surface area (Å²) >= 11 is 0. The SMILES string of the molecule is CCC(CNC)C(=O)N(C)c1ccc(OC)cc1. The number of amides is 1. The predicted molar refractivity (Wildman–Crippen MR) is 74.1 cm³/mol. The first kappa shape index (κ1) is 14.5. The molecule has 0 bridgehead atoms. The van der Waals surface area contributed by atoms with Crippen LogP contribution in [-0.4, -0.2) is 33.7 Å². The van der Waals surface area contributed by atoms with E-state index in [0.717, 1.165) is 17.9 Å². The molecular formula is C14H22N2O2. The van der Waals surface area contributed by atoms with Crippen LogP contribution in [0.1, 0.15) is 13.3 Å². The van der Waals surface area contributed by atoms with Crippen molar-refractivity contribution in [3.63, 3.8) is 0 Å². The molecule has 1 N–H and O–H groups in total. The zero-order chi connectivity index (χ0) is 13.5. The first-order chi connectivity index (χ1) is 8.63. The summed E-state index contributed by atoms with van der Waals surface area (Å²) in [7, 11) is 5.30. The van der Waals surface area contributed by atoms with Gasteiger partial charge in [0.05, 0.1) is 13.0 Å². The molecule has 0 heterocycles. The van der Waals surface area contributed by atoms with Crippen molar-refractivity contribution in [2.75, 3.05) is 32.6 Å². The van der Waals surface area contributed by atoms with Crippen molar-refractivity contribution in [3.8, 4) is 5.75 Å². The van der Waals surface area contributed by atoms with E-state index in [1.165, 1.54) is 0 Å². The van der Waals surface area contributed by atoms with Gasteiger partial charge in [-0.25, -0.2) is 0 Å². The van der Waals surface area contributed by atoms with Gasteiger partial charge in [0.2, 0.25) is 5.91 Å². The lowest BCUT2D eigenvalue weighted by molar-refractivity contribution is -0.122. The monoisotopic (exact) mass is 250 g/mol. The van der Waals surface area contributed by atoms with E-state index in [0.29, 0.717) is 6.54 Å². The van der Waals surface area contributed by atoms with Crippen molar-refractivity contribution < 1.29 is 9.53 Å². The third-order valence-corrected chi connectivity index (χ3v) is 3.08. The molecule has 0 fully saturated rings. The zero-order valence-electron chi connectivity index (χ0n) is 11.6. The molecular weight excluding hydrogens is 228 g/mol. The van der Waals surface area contributed by atoms with E-state index in [2.05, 4.69) is 5.32 Å². The number of carbonyl (C=O) groups is 1. The summed E-state index contributed by atoms with van der Waals surface area (Å²) in [5.41, 5.74) is 0.885. The van der Waals surface area contributed by atoms with Gasteiger partial charge < -0.3 is 15.0 Å². The lowest BCUT2D eigenvalue weighted by Gasteiger charge is -2.23. The van der Waals surface area contributed by atoms with Crippen molar-refractivity contribution in [2.45, 2.75) is 13.3 Å². The van der Waals surface area contributed by atoms with Crippen LogP contribution in [0.15, 0.2) is 24.3 Å². The Morgan fingerprint density at radius 1 is 1.39 bits per heavy atom. The number of ether oxygens (including phenoxy) is 1. The lowest BCUT2D eigenvalue weighted by Crippen LogP contribution is -2.37. The Morgan fingerprint density at radius 2 is 2.00 bits per heavy atom. The molecule has 4 heteroatoms. The topological polar surface area (TPSA) is 41.6 Å². The molecule has 0 aliphatic carbocycles. The Hall–Kier alpha value is -1.55. The smallest absolute Gasteiger partial charge is 0.231 e. The summed E-state index contributed by atoms with van der Waals surface area (Å²) in [6.45, 7) is 2.73. The number of anilines is 1. The zero-order valence-corrected chi connectivity index (χ0v) is 11.6. The van der Waals surface area contributed by atoms with E-state index in [1.54, 1.807) is 12.0 Å². The number of rotatable bonds is 6. The Balaban J connectivity index is 2.78.